The largest absolute Gasteiger partial charge is 0.418 e. The summed E-state index contributed by atoms with van der Waals surface area (Å²) in [5, 5.41) is -0.0114. The van der Waals surface area contributed by atoms with Crippen molar-refractivity contribution in [3.8, 4) is 0 Å². The molecular weight excluding hydrogens is 305 g/mol. The number of aromatic nitrogens is 1. The fourth-order valence-corrected chi connectivity index (χ4v) is 1.38. The van der Waals surface area contributed by atoms with Crippen LogP contribution in [0.4, 0.5) is 13.2 Å². The molecule has 0 atom stereocenters. The Morgan fingerprint density at radius 3 is 2.42 bits per heavy atom. The van der Waals surface area contributed by atoms with Crippen molar-refractivity contribution < 1.29 is 13.2 Å². The molecule has 6 heteroatoms. The monoisotopic (exact) mass is 307 g/mol. The van der Waals surface area contributed by atoms with Crippen molar-refractivity contribution in [3.63, 3.8) is 0 Å². The smallest absolute Gasteiger partial charge is 0.248 e. The fraction of sp³-hybridized carbons (Fsp3) is 0.167. The second-order valence-corrected chi connectivity index (χ2v) is 3.45. The lowest BCUT2D eigenvalue weighted by Gasteiger charge is -2.07. The van der Waals surface area contributed by atoms with Crippen LogP contribution in [0.3, 0.4) is 0 Å². The molecule has 1 aromatic heterocycles. The third-order valence-electron chi connectivity index (χ3n) is 1.11. The lowest BCUT2D eigenvalue weighted by molar-refractivity contribution is -0.138. The molecule has 1 heterocycles. The van der Waals surface area contributed by atoms with E-state index < -0.39 is 11.7 Å². The number of rotatable bonds is 0. The molecule has 0 unspecified atom stereocenters. The van der Waals surface area contributed by atoms with Gasteiger partial charge in [-0.05, 0) is 28.7 Å². The van der Waals surface area contributed by atoms with Gasteiger partial charge in [0.2, 0.25) is 0 Å². The molecule has 0 radical (unpaired) electrons. The molecule has 0 aliphatic carbocycles. The van der Waals surface area contributed by atoms with Gasteiger partial charge in [-0.3, -0.25) is 0 Å². The van der Waals surface area contributed by atoms with Crippen LogP contribution in [0.2, 0.25) is 5.02 Å². The average molecular weight is 307 g/mol. The Hall–Kier alpha value is -0.0400. The summed E-state index contributed by atoms with van der Waals surface area (Å²) < 4.78 is 36.3. The lowest BCUT2D eigenvalue weighted by Crippen LogP contribution is -2.08. The van der Waals surface area contributed by atoms with Crippen molar-refractivity contribution in [2.75, 3.05) is 0 Å². The van der Waals surface area contributed by atoms with E-state index in [1.807, 2.05) is 0 Å². The Kier molecular flexibility index (Phi) is 2.82. The number of hydrogen-bond acceptors (Lipinski definition) is 1. The number of halogens is 5. The van der Waals surface area contributed by atoms with Gasteiger partial charge < -0.3 is 0 Å². The molecule has 0 spiro atoms. The zero-order valence-electron chi connectivity index (χ0n) is 5.49. The first-order valence-electron chi connectivity index (χ1n) is 2.79. The van der Waals surface area contributed by atoms with Crippen molar-refractivity contribution in [1.82, 2.24) is 4.98 Å². The summed E-state index contributed by atoms with van der Waals surface area (Å²) in [5.41, 5.74) is -0.796. The fourth-order valence-electron chi connectivity index (χ4n) is 0.621. The highest BCUT2D eigenvalue weighted by molar-refractivity contribution is 14.1. The molecule has 0 saturated heterocycles. The normalized spacial score (nSPS) is 11.8. The van der Waals surface area contributed by atoms with Crippen LogP contribution < -0.4 is 0 Å². The maximum atomic E-state index is 12.1. The van der Waals surface area contributed by atoms with Crippen LogP contribution in [-0.2, 0) is 6.18 Å². The molecule has 0 amide bonds. The molecule has 12 heavy (non-hydrogen) atoms. The second kappa shape index (κ2) is 3.37. The maximum absolute atomic E-state index is 12.1. The molecule has 1 aromatic rings. The minimum atomic E-state index is -4.38. The molecule has 0 aromatic carbocycles. The van der Waals surface area contributed by atoms with Crippen LogP contribution in [0.1, 0.15) is 5.56 Å². The minimum absolute atomic E-state index is 0.0114. The Morgan fingerprint density at radius 1 is 1.42 bits per heavy atom. The van der Waals surface area contributed by atoms with Crippen LogP contribution in [0, 0.1) is 3.70 Å². The predicted octanol–water partition coefficient (Wildman–Crippen LogP) is 3.36. The standard InChI is InChI=1S/C6H2ClF3IN/c7-3-1-4(6(8,9)10)5(11)12-2-3/h1-2H. The molecule has 0 saturated carbocycles. The number of nitrogens with zero attached hydrogens (tertiary/aromatic N) is 1. The van der Waals surface area contributed by atoms with Crippen molar-refractivity contribution in [2.45, 2.75) is 6.18 Å². The van der Waals surface area contributed by atoms with Gasteiger partial charge in [-0.15, -0.1) is 0 Å². The molecule has 1 rings (SSSR count). The molecular formula is C6H2ClF3IN. The topological polar surface area (TPSA) is 12.9 Å². The average Bonchev–Trinajstić information content (AvgIpc) is 1.92. The van der Waals surface area contributed by atoms with Crippen LogP contribution in [0.5, 0.6) is 0 Å². The van der Waals surface area contributed by atoms with E-state index in [1.54, 1.807) is 0 Å². The van der Waals surface area contributed by atoms with E-state index in [0.717, 1.165) is 6.07 Å². The van der Waals surface area contributed by atoms with Gasteiger partial charge in [-0.2, -0.15) is 13.2 Å². The zero-order chi connectivity index (χ0) is 9.35. The quantitative estimate of drug-likeness (QED) is 0.529. The Balaban J connectivity index is 3.23. The molecule has 0 N–H and O–H groups in total. The lowest BCUT2D eigenvalue weighted by atomic mass is 10.3. The van der Waals surface area contributed by atoms with E-state index in [4.69, 9.17) is 11.6 Å². The number of pyridine rings is 1. The minimum Gasteiger partial charge on any atom is -0.248 e. The zero-order valence-corrected chi connectivity index (χ0v) is 8.41. The van der Waals surface area contributed by atoms with Gasteiger partial charge >= 0.3 is 6.18 Å². The first-order valence-corrected chi connectivity index (χ1v) is 4.25. The van der Waals surface area contributed by atoms with E-state index >= 15 is 0 Å². The van der Waals surface area contributed by atoms with Crippen molar-refractivity contribution in [3.05, 3.63) is 26.5 Å². The Labute approximate surface area is 85.1 Å². The first kappa shape index (κ1) is 10.0. The van der Waals surface area contributed by atoms with Crippen LogP contribution >= 0.6 is 34.2 Å². The summed E-state index contributed by atoms with van der Waals surface area (Å²) in [7, 11) is 0. The van der Waals surface area contributed by atoms with Crippen LogP contribution in [-0.4, -0.2) is 4.98 Å². The van der Waals surface area contributed by atoms with Gasteiger partial charge in [-0.1, -0.05) is 11.6 Å². The van der Waals surface area contributed by atoms with Gasteiger partial charge in [0.1, 0.15) is 3.70 Å². The second-order valence-electron chi connectivity index (χ2n) is 1.99. The van der Waals surface area contributed by atoms with Gasteiger partial charge in [0.25, 0.3) is 0 Å². The van der Waals surface area contributed by atoms with E-state index in [1.165, 1.54) is 28.8 Å². The molecule has 1 nitrogen and oxygen atoms in total. The Bertz CT molecular complexity index is 299. The summed E-state index contributed by atoms with van der Waals surface area (Å²) in [6, 6.07) is 0.857. The van der Waals surface area contributed by atoms with Gasteiger partial charge in [0.15, 0.2) is 0 Å². The molecule has 0 fully saturated rings. The molecule has 0 bridgehead atoms. The van der Waals surface area contributed by atoms with Crippen molar-refractivity contribution in [1.29, 1.82) is 0 Å². The predicted molar refractivity (Wildman–Crippen MR) is 47.0 cm³/mol. The summed E-state index contributed by atoms with van der Waals surface area (Å²) in [4.78, 5) is 3.48. The van der Waals surface area contributed by atoms with Gasteiger partial charge in [0, 0.05) is 6.20 Å². The van der Waals surface area contributed by atoms with E-state index in [0.29, 0.717) is 0 Å². The summed E-state index contributed by atoms with van der Waals surface area (Å²) in [6.45, 7) is 0. The van der Waals surface area contributed by atoms with E-state index in [2.05, 4.69) is 4.98 Å². The maximum Gasteiger partial charge on any atom is 0.418 e. The number of alkyl halides is 3. The molecule has 66 valence electrons. The van der Waals surface area contributed by atoms with E-state index in [-0.39, 0.29) is 8.72 Å². The highest BCUT2D eigenvalue weighted by Crippen LogP contribution is 2.33. The van der Waals surface area contributed by atoms with Crippen LogP contribution in [0.15, 0.2) is 12.3 Å². The Morgan fingerprint density at radius 2 is 2.00 bits per heavy atom. The van der Waals surface area contributed by atoms with Crippen molar-refractivity contribution >= 4 is 34.2 Å². The van der Waals surface area contributed by atoms with Crippen molar-refractivity contribution in [2.24, 2.45) is 0 Å². The highest BCUT2D eigenvalue weighted by atomic mass is 127. The molecule has 0 aliphatic heterocycles. The third-order valence-corrected chi connectivity index (χ3v) is 2.18. The highest BCUT2D eigenvalue weighted by Gasteiger charge is 2.33. The number of hydrogen-bond donors (Lipinski definition) is 0. The SMILES string of the molecule is FC(F)(F)c1cc(Cl)cnc1I. The van der Waals surface area contributed by atoms with Gasteiger partial charge in [-0.25, -0.2) is 4.98 Å². The summed E-state index contributed by atoms with van der Waals surface area (Å²) in [6.07, 6.45) is -3.20. The van der Waals surface area contributed by atoms with Gasteiger partial charge in [0.05, 0.1) is 10.6 Å². The summed E-state index contributed by atoms with van der Waals surface area (Å²) >= 11 is 6.87. The van der Waals surface area contributed by atoms with Crippen LogP contribution in [0.25, 0.3) is 0 Å². The summed E-state index contributed by atoms with van der Waals surface area (Å²) in [5.74, 6) is 0. The molecule has 0 aliphatic rings. The first-order chi connectivity index (χ1) is 5.41. The van der Waals surface area contributed by atoms with E-state index in [9.17, 15) is 13.2 Å². The third kappa shape index (κ3) is 2.22.